The zero-order valence-electron chi connectivity index (χ0n) is 14.4. The molecule has 1 aromatic heterocycles. The molecule has 0 aromatic carbocycles. The van der Waals surface area contributed by atoms with E-state index in [-0.39, 0.29) is 0 Å². The first-order valence-corrected chi connectivity index (χ1v) is 9.35. The van der Waals surface area contributed by atoms with Crippen LogP contribution in [0.1, 0.15) is 63.9 Å². The summed E-state index contributed by atoms with van der Waals surface area (Å²) in [5, 5.41) is 6.01. The Morgan fingerprint density at radius 1 is 1.43 bits per heavy atom. The fourth-order valence-electron chi connectivity index (χ4n) is 3.32. The van der Waals surface area contributed by atoms with Gasteiger partial charge in [-0.1, -0.05) is 27.7 Å². The summed E-state index contributed by atoms with van der Waals surface area (Å²) in [5.74, 6) is 0. The monoisotopic (exact) mass is 308 g/mol. The van der Waals surface area contributed by atoms with Gasteiger partial charge in [-0.15, -0.1) is 11.3 Å². The first-order chi connectivity index (χ1) is 9.93. The summed E-state index contributed by atoms with van der Waals surface area (Å²) in [6, 6.07) is 3.52. The average molecular weight is 309 g/mol. The van der Waals surface area contributed by atoms with Crippen LogP contribution in [-0.2, 0) is 6.42 Å². The summed E-state index contributed by atoms with van der Waals surface area (Å²) >= 11 is 1.93. The van der Waals surface area contributed by atoms with Crippen LogP contribution in [0, 0.1) is 5.41 Å². The molecule has 0 fully saturated rings. The van der Waals surface area contributed by atoms with Crippen molar-refractivity contribution < 1.29 is 0 Å². The van der Waals surface area contributed by atoms with E-state index in [0.29, 0.717) is 17.5 Å². The minimum Gasteiger partial charge on any atom is -0.313 e. The second kappa shape index (κ2) is 7.26. The zero-order chi connectivity index (χ0) is 15.5. The van der Waals surface area contributed by atoms with E-state index in [2.05, 4.69) is 56.3 Å². The molecule has 1 aliphatic heterocycles. The van der Waals surface area contributed by atoms with Crippen LogP contribution in [0.4, 0.5) is 0 Å². The number of thiophene rings is 1. The molecule has 120 valence electrons. The lowest BCUT2D eigenvalue weighted by molar-refractivity contribution is 0.165. The Morgan fingerprint density at radius 2 is 2.19 bits per heavy atom. The van der Waals surface area contributed by atoms with Gasteiger partial charge in [0.05, 0.1) is 0 Å². The van der Waals surface area contributed by atoms with Gasteiger partial charge >= 0.3 is 0 Å². The van der Waals surface area contributed by atoms with Crippen molar-refractivity contribution in [2.24, 2.45) is 5.41 Å². The number of nitrogens with zero attached hydrogens (tertiary/aromatic N) is 1. The van der Waals surface area contributed by atoms with Crippen molar-refractivity contribution in [2.75, 3.05) is 19.6 Å². The van der Waals surface area contributed by atoms with Gasteiger partial charge in [0.25, 0.3) is 0 Å². The molecule has 0 saturated heterocycles. The van der Waals surface area contributed by atoms with Gasteiger partial charge in [0.2, 0.25) is 0 Å². The number of rotatable bonds is 6. The molecule has 0 aliphatic carbocycles. The summed E-state index contributed by atoms with van der Waals surface area (Å²) in [4.78, 5) is 4.27. The van der Waals surface area contributed by atoms with Gasteiger partial charge in [0, 0.05) is 30.1 Å². The maximum atomic E-state index is 3.75. The predicted molar refractivity (Wildman–Crippen MR) is 94.2 cm³/mol. The highest BCUT2D eigenvalue weighted by molar-refractivity contribution is 7.10. The summed E-state index contributed by atoms with van der Waals surface area (Å²) in [6.07, 6.45) is 3.69. The summed E-state index contributed by atoms with van der Waals surface area (Å²) in [7, 11) is 0. The van der Waals surface area contributed by atoms with E-state index in [0.717, 1.165) is 6.54 Å². The van der Waals surface area contributed by atoms with Crippen LogP contribution in [0.2, 0.25) is 0 Å². The highest BCUT2D eigenvalue weighted by Crippen LogP contribution is 2.33. The van der Waals surface area contributed by atoms with Crippen LogP contribution < -0.4 is 5.32 Å². The minimum atomic E-state index is 0.335. The van der Waals surface area contributed by atoms with E-state index in [4.69, 9.17) is 0 Å². The molecule has 2 unspecified atom stereocenters. The van der Waals surface area contributed by atoms with E-state index >= 15 is 0 Å². The SMILES string of the molecule is CCCNC(CCN1CCc2sccc2C1C)C(C)(C)C. The van der Waals surface area contributed by atoms with E-state index in [9.17, 15) is 0 Å². The van der Waals surface area contributed by atoms with Crippen LogP contribution >= 0.6 is 11.3 Å². The molecule has 0 bridgehead atoms. The van der Waals surface area contributed by atoms with Crippen LogP contribution in [-0.4, -0.2) is 30.6 Å². The van der Waals surface area contributed by atoms with Crippen molar-refractivity contribution in [3.8, 4) is 0 Å². The summed E-state index contributed by atoms with van der Waals surface area (Å²) < 4.78 is 0. The predicted octanol–water partition coefficient (Wildman–Crippen LogP) is 4.47. The topological polar surface area (TPSA) is 15.3 Å². The molecule has 0 saturated carbocycles. The van der Waals surface area contributed by atoms with Gasteiger partial charge in [-0.3, -0.25) is 4.90 Å². The van der Waals surface area contributed by atoms with E-state index in [1.807, 2.05) is 11.3 Å². The highest BCUT2D eigenvalue weighted by Gasteiger charge is 2.28. The van der Waals surface area contributed by atoms with Gasteiger partial charge < -0.3 is 5.32 Å². The van der Waals surface area contributed by atoms with Gasteiger partial charge in [-0.05, 0) is 55.2 Å². The molecule has 0 spiro atoms. The smallest absolute Gasteiger partial charge is 0.0331 e. The minimum absolute atomic E-state index is 0.335. The maximum Gasteiger partial charge on any atom is 0.0331 e. The van der Waals surface area contributed by atoms with Gasteiger partial charge in [0.15, 0.2) is 0 Å². The molecule has 2 heterocycles. The van der Waals surface area contributed by atoms with Crippen LogP contribution in [0.25, 0.3) is 0 Å². The molecule has 2 atom stereocenters. The first-order valence-electron chi connectivity index (χ1n) is 8.47. The van der Waals surface area contributed by atoms with Crippen molar-refractivity contribution in [3.63, 3.8) is 0 Å². The van der Waals surface area contributed by atoms with Crippen molar-refractivity contribution in [1.82, 2.24) is 10.2 Å². The molecule has 3 heteroatoms. The molecule has 0 amide bonds. The molecule has 2 nitrogen and oxygen atoms in total. The normalized spacial score (nSPS) is 21.3. The Labute approximate surface area is 134 Å². The molecule has 1 N–H and O–H groups in total. The third-order valence-corrected chi connectivity index (χ3v) is 5.79. The van der Waals surface area contributed by atoms with Crippen LogP contribution in [0.3, 0.4) is 0 Å². The fourth-order valence-corrected chi connectivity index (χ4v) is 4.28. The van der Waals surface area contributed by atoms with Crippen molar-refractivity contribution in [2.45, 2.75) is 66.0 Å². The number of fused-ring (bicyclic) bond motifs is 1. The molecule has 0 radical (unpaired) electrons. The van der Waals surface area contributed by atoms with E-state index in [1.165, 1.54) is 32.4 Å². The number of nitrogens with one attached hydrogen (secondary N) is 1. The number of hydrogen-bond acceptors (Lipinski definition) is 3. The van der Waals surface area contributed by atoms with Gasteiger partial charge in [-0.2, -0.15) is 0 Å². The lowest BCUT2D eigenvalue weighted by Gasteiger charge is -2.37. The molecular formula is C18H32N2S. The largest absolute Gasteiger partial charge is 0.313 e. The van der Waals surface area contributed by atoms with Crippen LogP contribution in [0.5, 0.6) is 0 Å². The van der Waals surface area contributed by atoms with Gasteiger partial charge in [0.1, 0.15) is 0 Å². The van der Waals surface area contributed by atoms with Crippen molar-refractivity contribution in [3.05, 3.63) is 21.9 Å². The Balaban J connectivity index is 1.92. The van der Waals surface area contributed by atoms with E-state index < -0.39 is 0 Å². The second-order valence-corrected chi connectivity index (χ2v) is 8.42. The average Bonchev–Trinajstić information content (AvgIpc) is 2.88. The van der Waals surface area contributed by atoms with E-state index in [1.54, 1.807) is 10.4 Å². The first kappa shape index (κ1) is 17.0. The Bertz CT molecular complexity index is 433. The zero-order valence-corrected chi connectivity index (χ0v) is 15.2. The summed E-state index contributed by atoms with van der Waals surface area (Å²) in [5.41, 5.74) is 1.90. The maximum absolute atomic E-state index is 3.75. The lowest BCUT2D eigenvalue weighted by Crippen LogP contribution is -2.44. The second-order valence-electron chi connectivity index (χ2n) is 7.42. The third kappa shape index (κ3) is 4.30. The summed E-state index contributed by atoms with van der Waals surface area (Å²) in [6.45, 7) is 15.2. The molecule has 21 heavy (non-hydrogen) atoms. The quantitative estimate of drug-likeness (QED) is 0.834. The van der Waals surface area contributed by atoms with Crippen molar-refractivity contribution in [1.29, 1.82) is 0 Å². The van der Waals surface area contributed by atoms with Gasteiger partial charge in [-0.25, -0.2) is 0 Å². The molecular weight excluding hydrogens is 276 g/mol. The Kier molecular flexibility index (Phi) is 5.87. The Hall–Kier alpha value is -0.380. The third-order valence-electron chi connectivity index (χ3n) is 4.79. The van der Waals surface area contributed by atoms with Crippen molar-refractivity contribution >= 4 is 11.3 Å². The lowest BCUT2D eigenvalue weighted by atomic mass is 9.84. The molecule has 2 rings (SSSR count). The molecule has 1 aliphatic rings. The van der Waals surface area contributed by atoms with Crippen LogP contribution in [0.15, 0.2) is 11.4 Å². The fraction of sp³-hybridized carbons (Fsp3) is 0.778. The highest BCUT2D eigenvalue weighted by atomic mass is 32.1. The number of hydrogen-bond donors (Lipinski definition) is 1. The molecule has 1 aromatic rings. The standard InChI is InChI=1S/C18H32N2S/c1-6-10-19-17(18(3,4)5)8-12-20-11-7-16-15(14(20)2)9-13-21-16/h9,13-14,17,19H,6-8,10-12H2,1-5H3. The Morgan fingerprint density at radius 3 is 2.86 bits per heavy atom.